The van der Waals surface area contributed by atoms with Gasteiger partial charge in [-0.1, -0.05) is 42.0 Å². The minimum absolute atomic E-state index is 0.00201. The average Bonchev–Trinajstić information content (AvgIpc) is 3.13. The van der Waals surface area contributed by atoms with Crippen molar-refractivity contribution < 1.29 is 27.9 Å². The molecule has 0 radical (unpaired) electrons. The van der Waals surface area contributed by atoms with E-state index < -0.39 is 33.5 Å². The molecule has 2 heterocycles. The average molecular weight is 514 g/mol. The van der Waals surface area contributed by atoms with Crippen LogP contribution < -0.4 is 0 Å². The number of morpholine rings is 1. The van der Waals surface area contributed by atoms with Gasteiger partial charge in [-0.15, -0.1) is 0 Å². The predicted molar refractivity (Wildman–Crippen MR) is 135 cm³/mol. The highest BCUT2D eigenvalue weighted by Crippen LogP contribution is 2.39. The molecule has 9 nitrogen and oxygen atoms in total. The molecule has 2 aliphatic rings. The molecule has 2 aromatic carbocycles. The van der Waals surface area contributed by atoms with Crippen molar-refractivity contribution in [2.24, 2.45) is 0 Å². The lowest BCUT2D eigenvalue weighted by Crippen LogP contribution is -2.40. The summed E-state index contributed by atoms with van der Waals surface area (Å²) in [5.74, 6) is -1.88. The monoisotopic (exact) mass is 513 g/mol. The Kier molecular flexibility index (Phi) is 7.60. The maximum absolute atomic E-state index is 13.2. The zero-order valence-corrected chi connectivity index (χ0v) is 21.5. The second-order valence-electron chi connectivity index (χ2n) is 9.25. The first kappa shape index (κ1) is 26.0. The molecule has 1 N–H and O–H groups in total. The SMILES string of the molecule is Cc1ccc(C2/C(=C(\O)c3cccc(S(=O)(=O)N4CCOCC4)c3)C(=O)C(=O)N2CCN(C)C)cc1. The molecule has 36 heavy (non-hydrogen) atoms. The number of aliphatic hydroxyl groups is 1. The van der Waals surface area contributed by atoms with Crippen LogP contribution in [0.3, 0.4) is 0 Å². The molecule has 0 saturated carbocycles. The number of likely N-dealkylation sites (N-methyl/N-ethyl adjacent to an activating group) is 1. The molecule has 1 unspecified atom stereocenters. The molecule has 2 aliphatic heterocycles. The van der Waals surface area contributed by atoms with Gasteiger partial charge in [-0.2, -0.15) is 4.31 Å². The number of rotatable bonds is 7. The van der Waals surface area contributed by atoms with Gasteiger partial charge in [0, 0.05) is 31.7 Å². The molecule has 0 spiro atoms. The summed E-state index contributed by atoms with van der Waals surface area (Å²) in [6.07, 6.45) is 0. The maximum Gasteiger partial charge on any atom is 0.295 e. The lowest BCUT2D eigenvalue weighted by atomic mass is 9.95. The van der Waals surface area contributed by atoms with E-state index in [1.165, 1.54) is 33.5 Å². The standard InChI is InChI=1S/C26H31N3O6S/c1-18-7-9-19(10-8-18)23-22(25(31)26(32)29(23)12-11-27(2)3)24(30)20-5-4-6-21(17-20)36(33,34)28-13-15-35-16-14-28/h4-10,17,23,30H,11-16H2,1-3H3/b24-22+. The molecule has 0 aromatic heterocycles. The van der Waals surface area contributed by atoms with Crippen LogP contribution in [0.4, 0.5) is 0 Å². The molecule has 1 amide bonds. The fourth-order valence-electron chi connectivity index (χ4n) is 4.41. The van der Waals surface area contributed by atoms with Crippen LogP contribution in [0.2, 0.25) is 0 Å². The van der Waals surface area contributed by atoms with Gasteiger partial charge in [0.2, 0.25) is 10.0 Å². The Morgan fingerprint density at radius 1 is 1.08 bits per heavy atom. The second-order valence-corrected chi connectivity index (χ2v) is 11.2. The van der Waals surface area contributed by atoms with Crippen molar-refractivity contribution in [2.75, 3.05) is 53.5 Å². The number of hydrogen-bond donors (Lipinski definition) is 1. The number of aliphatic hydroxyl groups excluding tert-OH is 1. The van der Waals surface area contributed by atoms with E-state index in [1.807, 2.05) is 50.2 Å². The summed E-state index contributed by atoms with van der Waals surface area (Å²) in [6, 6.07) is 12.5. The van der Waals surface area contributed by atoms with Crippen molar-refractivity contribution in [1.82, 2.24) is 14.1 Å². The fourth-order valence-corrected chi connectivity index (χ4v) is 5.86. The third-order valence-electron chi connectivity index (χ3n) is 6.44. The molecule has 0 aliphatic carbocycles. The first-order valence-corrected chi connectivity index (χ1v) is 13.2. The Labute approximate surface area is 211 Å². The Hall–Kier alpha value is -3.05. The smallest absolute Gasteiger partial charge is 0.295 e. The number of likely N-dealkylation sites (tertiary alicyclic amines) is 1. The van der Waals surface area contributed by atoms with E-state index in [2.05, 4.69) is 0 Å². The van der Waals surface area contributed by atoms with E-state index in [0.717, 1.165) is 5.56 Å². The Balaban J connectivity index is 1.79. The first-order valence-electron chi connectivity index (χ1n) is 11.8. The van der Waals surface area contributed by atoms with Crippen molar-refractivity contribution in [3.8, 4) is 0 Å². The number of ether oxygens (including phenoxy) is 1. The van der Waals surface area contributed by atoms with E-state index in [1.54, 1.807) is 0 Å². The highest BCUT2D eigenvalue weighted by atomic mass is 32.2. The Morgan fingerprint density at radius 3 is 2.39 bits per heavy atom. The van der Waals surface area contributed by atoms with Gasteiger partial charge in [0.15, 0.2) is 0 Å². The van der Waals surface area contributed by atoms with Crippen LogP contribution in [0.5, 0.6) is 0 Å². The molecule has 2 saturated heterocycles. The Morgan fingerprint density at radius 2 is 1.75 bits per heavy atom. The second kappa shape index (κ2) is 10.5. The van der Waals surface area contributed by atoms with E-state index in [0.29, 0.717) is 31.9 Å². The number of nitrogens with zero attached hydrogens (tertiary/aromatic N) is 3. The summed E-state index contributed by atoms with van der Waals surface area (Å²) >= 11 is 0. The van der Waals surface area contributed by atoms with Gasteiger partial charge in [-0.05, 0) is 38.7 Å². The zero-order chi connectivity index (χ0) is 26.0. The zero-order valence-electron chi connectivity index (χ0n) is 20.7. The van der Waals surface area contributed by atoms with E-state index in [4.69, 9.17) is 4.74 Å². The highest BCUT2D eigenvalue weighted by Gasteiger charge is 2.46. The summed E-state index contributed by atoms with van der Waals surface area (Å²) in [6.45, 7) is 3.86. The van der Waals surface area contributed by atoms with Gasteiger partial charge in [0.25, 0.3) is 11.7 Å². The molecule has 1 atom stereocenters. The normalized spacial score (nSPS) is 20.9. The number of ketones is 1. The molecular formula is C26H31N3O6S. The molecule has 2 aromatic rings. The van der Waals surface area contributed by atoms with Crippen LogP contribution in [0.15, 0.2) is 59.0 Å². The molecule has 10 heteroatoms. The molecule has 0 bridgehead atoms. The molecule has 4 rings (SSSR count). The largest absolute Gasteiger partial charge is 0.507 e. The number of hydrogen-bond acceptors (Lipinski definition) is 7. The molecule has 192 valence electrons. The van der Waals surface area contributed by atoms with Crippen LogP contribution in [-0.4, -0.2) is 92.8 Å². The van der Waals surface area contributed by atoms with Gasteiger partial charge in [-0.25, -0.2) is 8.42 Å². The van der Waals surface area contributed by atoms with E-state index >= 15 is 0 Å². The van der Waals surface area contributed by atoms with E-state index in [-0.39, 0.29) is 29.1 Å². The topological polar surface area (TPSA) is 107 Å². The summed E-state index contributed by atoms with van der Waals surface area (Å²) < 4.78 is 32.9. The molecular weight excluding hydrogens is 482 g/mol. The molecule has 2 fully saturated rings. The van der Waals surface area contributed by atoms with Crippen LogP contribution in [0.1, 0.15) is 22.7 Å². The quantitative estimate of drug-likeness (QED) is 0.343. The summed E-state index contributed by atoms with van der Waals surface area (Å²) in [5.41, 5.74) is 1.82. The van der Waals surface area contributed by atoms with E-state index in [9.17, 15) is 23.1 Å². The van der Waals surface area contributed by atoms with Gasteiger partial charge in [0.1, 0.15) is 5.76 Å². The lowest BCUT2D eigenvalue weighted by molar-refractivity contribution is -0.140. The third-order valence-corrected chi connectivity index (χ3v) is 8.33. The number of carbonyl (C=O) groups excluding carboxylic acids is 2. The minimum Gasteiger partial charge on any atom is -0.507 e. The number of benzene rings is 2. The summed E-state index contributed by atoms with van der Waals surface area (Å²) in [5, 5.41) is 11.3. The number of aryl methyl sites for hydroxylation is 1. The van der Waals surface area contributed by atoms with Gasteiger partial charge < -0.3 is 19.6 Å². The van der Waals surface area contributed by atoms with Crippen molar-refractivity contribution in [1.29, 1.82) is 0 Å². The van der Waals surface area contributed by atoms with Crippen molar-refractivity contribution in [3.05, 3.63) is 70.8 Å². The van der Waals surface area contributed by atoms with Gasteiger partial charge in [-0.3, -0.25) is 9.59 Å². The van der Waals surface area contributed by atoms with Crippen molar-refractivity contribution in [2.45, 2.75) is 17.9 Å². The fraction of sp³-hybridized carbons (Fsp3) is 0.385. The van der Waals surface area contributed by atoms with Crippen molar-refractivity contribution >= 4 is 27.5 Å². The lowest BCUT2D eigenvalue weighted by Gasteiger charge is -2.27. The van der Waals surface area contributed by atoms with Crippen LogP contribution in [-0.2, 0) is 24.3 Å². The Bertz CT molecular complexity index is 1280. The summed E-state index contributed by atoms with van der Waals surface area (Å²) in [7, 11) is -0.0676. The van der Waals surface area contributed by atoms with Crippen LogP contribution in [0.25, 0.3) is 5.76 Å². The first-order chi connectivity index (χ1) is 17.1. The highest BCUT2D eigenvalue weighted by molar-refractivity contribution is 7.89. The maximum atomic E-state index is 13.2. The summed E-state index contributed by atoms with van der Waals surface area (Å²) in [4.78, 5) is 29.6. The number of sulfonamides is 1. The number of carbonyl (C=O) groups is 2. The van der Waals surface area contributed by atoms with Crippen molar-refractivity contribution in [3.63, 3.8) is 0 Å². The number of amides is 1. The van der Waals surface area contributed by atoms with Crippen LogP contribution in [0, 0.1) is 6.92 Å². The van der Waals surface area contributed by atoms with Crippen LogP contribution >= 0.6 is 0 Å². The minimum atomic E-state index is -3.81. The predicted octanol–water partition coefficient (Wildman–Crippen LogP) is 2.00. The van der Waals surface area contributed by atoms with Gasteiger partial charge in [0.05, 0.1) is 29.7 Å². The van der Waals surface area contributed by atoms with Gasteiger partial charge >= 0.3 is 0 Å². The number of Topliss-reactive ketones (excluding diaryl/α,β-unsaturated/α-hetero) is 1. The third kappa shape index (κ3) is 5.08.